The van der Waals surface area contributed by atoms with Crippen LogP contribution in [0.1, 0.15) is 23.1 Å². The van der Waals surface area contributed by atoms with E-state index in [1.807, 2.05) is 6.92 Å². The summed E-state index contributed by atoms with van der Waals surface area (Å²) in [5, 5.41) is 27.0. The van der Waals surface area contributed by atoms with E-state index in [1.165, 1.54) is 4.68 Å². The minimum atomic E-state index is -0.602. The molecular formula is C13H14N4O4. The van der Waals surface area contributed by atoms with Crippen LogP contribution in [-0.4, -0.2) is 25.7 Å². The van der Waals surface area contributed by atoms with Crippen LogP contribution in [0.15, 0.2) is 24.3 Å². The van der Waals surface area contributed by atoms with Crippen LogP contribution in [0.4, 0.5) is 11.4 Å². The number of nitro groups is 1. The van der Waals surface area contributed by atoms with E-state index in [2.05, 4.69) is 10.4 Å². The molecule has 0 spiro atoms. The van der Waals surface area contributed by atoms with Crippen LogP contribution in [0.2, 0.25) is 0 Å². The Balaban J connectivity index is 2.31. The number of benzene rings is 1. The maximum atomic E-state index is 12.2. The van der Waals surface area contributed by atoms with Crippen molar-refractivity contribution in [1.82, 2.24) is 9.78 Å². The molecule has 0 radical (unpaired) electrons. The summed E-state index contributed by atoms with van der Waals surface area (Å²) in [6.45, 7) is 4.11. The highest BCUT2D eigenvalue weighted by atomic mass is 16.6. The number of non-ortho nitro benzene ring substituents is 1. The third-order valence-corrected chi connectivity index (χ3v) is 2.87. The van der Waals surface area contributed by atoms with Gasteiger partial charge in [0.15, 0.2) is 0 Å². The third-order valence-electron chi connectivity index (χ3n) is 2.87. The number of carbonyl (C=O) groups is 1. The van der Waals surface area contributed by atoms with Crippen LogP contribution in [-0.2, 0) is 6.54 Å². The van der Waals surface area contributed by atoms with Crippen LogP contribution >= 0.6 is 0 Å². The first kappa shape index (κ1) is 14.5. The Morgan fingerprint density at radius 3 is 2.81 bits per heavy atom. The number of anilines is 1. The largest absolute Gasteiger partial charge is 0.506 e. The SMILES string of the molecule is CCn1nc(C)cc1C(=O)Nc1cc([N+](=O)[O-])ccc1O. The fraction of sp³-hybridized carbons (Fsp3) is 0.231. The monoisotopic (exact) mass is 290 g/mol. The number of aryl methyl sites for hydroxylation is 2. The van der Waals surface area contributed by atoms with E-state index < -0.39 is 10.8 Å². The summed E-state index contributed by atoms with van der Waals surface area (Å²) in [5.74, 6) is -0.735. The van der Waals surface area contributed by atoms with Crippen molar-refractivity contribution in [3.05, 3.63) is 45.8 Å². The Bertz CT molecular complexity index is 708. The molecular weight excluding hydrogens is 276 g/mol. The second-order valence-corrected chi connectivity index (χ2v) is 4.40. The number of nitrogens with one attached hydrogen (secondary N) is 1. The van der Waals surface area contributed by atoms with E-state index in [1.54, 1.807) is 13.0 Å². The van der Waals surface area contributed by atoms with Crippen LogP contribution in [0.3, 0.4) is 0 Å². The zero-order valence-electron chi connectivity index (χ0n) is 11.5. The fourth-order valence-electron chi connectivity index (χ4n) is 1.89. The zero-order chi connectivity index (χ0) is 15.6. The maximum absolute atomic E-state index is 12.2. The van der Waals surface area contributed by atoms with Crippen LogP contribution in [0.5, 0.6) is 5.75 Å². The number of phenols is 1. The van der Waals surface area contributed by atoms with Gasteiger partial charge in [-0.05, 0) is 26.0 Å². The predicted octanol–water partition coefficient (Wildman–Crippen LogP) is 2.08. The smallest absolute Gasteiger partial charge is 0.274 e. The Hall–Kier alpha value is -2.90. The molecule has 0 unspecified atom stereocenters. The second kappa shape index (κ2) is 5.61. The number of amides is 1. The molecule has 1 aromatic heterocycles. The van der Waals surface area contributed by atoms with Crippen molar-refractivity contribution < 1.29 is 14.8 Å². The molecule has 1 amide bonds. The number of aromatic nitrogens is 2. The topological polar surface area (TPSA) is 110 Å². The van der Waals surface area contributed by atoms with Gasteiger partial charge in [0.25, 0.3) is 11.6 Å². The summed E-state index contributed by atoms with van der Waals surface area (Å²) < 4.78 is 1.51. The Kier molecular flexibility index (Phi) is 3.88. The van der Waals surface area contributed by atoms with Gasteiger partial charge in [-0.3, -0.25) is 19.6 Å². The summed E-state index contributed by atoms with van der Waals surface area (Å²) in [6, 6.07) is 5.03. The first-order chi connectivity index (χ1) is 9.92. The van der Waals surface area contributed by atoms with Crippen molar-refractivity contribution in [3.63, 3.8) is 0 Å². The molecule has 0 aliphatic heterocycles. The molecule has 8 nitrogen and oxygen atoms in total. The number of nitrogens with zero attached hydrogens (tertiary/aromatic N) is 3. The number of aromatic hydroxyl groups is 1. The summed E-state index contributed by atoms with van der Waals surface area (Å²) in [6.07, 6.45) is 0. The molecule has 0 saturated heterocycles. The summed E-state index contributed by atoms with van der Waals surface area (Å²) in [4.78, 5) is 22.3. The number of rotatable bonds is 4. The van der Waals surface area contributed by atoms with E-state index >= 15 is 0 Å². The van der Waals surface area contributed by atoms with Gasteiger partial charge in [0.05, 0.1) is 16.3 Å². The van der Waals surface area contributed by atoms with Crippen LogP contribution < -0.4 is 5.32 Å². The van der Waals surface area contributed by atoms with Crippen molar-refractivity contribution in [3.8, 4) is 5.75 Å². The molecule has 0 fully saturated rings. The predicted molar refractivity (Wildman–Crippen MR) is 75.4 cm³/mol. The maximum Gasteiger partial charge on any atom is 0.274 e. The summed E-state index contributed by atoms with van der Waals surface area (Å²) in [5.41, 5.74) is 0.769. The quantitative estimate of drug-likeness (QED) is 0.509. The highest BCUT2D eigenvalue weighted by Crippen LogP contribution is 2.28. The molecule has 2 N–H and O–H groups in total. The molecule has 0 atom stereocenters. The minimum Gasteiger partial charge on any atom is -0.506 e. The molecule has 1 aromatic carbocycles. The Morgan fingerprint density at radius 1 is 1.48 bits per heavy atom. The van der Waals surface area contributed by atoms with Crippen molar-refractivity contribution in [2.24, 2.45) is 0 Å². The highest BCUT2D eigenvalue weighted by Gasteiger charge is 2.17. The van der Waals surface area contributed by atoms with Gasteiger partial charge in [-0.15, -0.1) is 0 Å². The molecule has 2 rings (SSSR count). The lowest BCUT2D eigenvalue weighted by Crippen LogP contribution is -2.17. The molecule has 0 aliphatic rings. The molecule has 21 heavy (non-hydrogen) atoms. The standard InChI is InChI=1S/C13H14N4O4/c1-3-16-11(6-8(2)15-16)13(19)14-10-7-9(17(20)21)4-5-12(10)18/h4-7,18H,3H2,1-2H3,(H,14,19). The van der Waals surface area contributed by atoms with Crippen LogP contribution in [0, 0.1) is 17.0 Å². The molecule has 0 bridgehead atoms. The molecule has 1 heterocycles. The van der Waals surface area contributed by atoms with Gasteiger partial charge in [-0.2, -0.15) is 5.10 Å². The van der Waals surface area contributed by atoms with Crippen LogP contribution in [0.25, 0.3) is 0 Å². The van der Waals surface area contributed by atoms with Crippen molar-refractivity contribution >= 4 is 17.3 Å². The van der Waals surface area contributed by atoms with E-state index in [0.717, 1.165) is 18.2 Å². The van der Waals surface area contributed by atoms with Gasteiger partial charge in [-0.25, -0.2) is 0 Å². The summed E-state index contributed by atoms with van der Waals surface area (Å²) >= 11 is 0. The van der Waals surface area contributed by atoms with Gasteiger partial charge in [0.2, 0.25) is 0 Å². The van der Waals surface area contributed by atoms with Gasteiger partial charge in [0.1, 0.15) is 11.4 Å². The third kappa shape index (κ3) is 2.99. The molecule has 0 saturated carbocycles. The summed E-state index contributed by atoms with van der Waals surface area (Å²) in [7, 11) is 0. The Labute approximate surface area is 120 Å². The van der Waals surface area contributed by atoms with E-state index in [4.69, 9.17) is 0 Å². The average Bonchev–Trinajstić information content (AvgIpc) is 2.82. The van der Waals surface area contributed by atoms with E-state index in [0.29, 0.717) is 17.9 Å². The van der Waals surface area contributed by atoms with Crippen molar-refractivity contribution in [2.45, 2.75) is 20.4 Å². The number of phenolic OH excluding ortho intramolecular Hbond substituents is 1. The lowest BCUT2D eigenvalue weighted by Gasteiger charge is -2.08. The van der Waals surface area contributed by atoms with Crippen molar-refractivity contribution in [1.29, 1.82) is 0 Å². The molecule has 0 aliphatic carbocycles. The molecule has 2 aromatic rings. The number of nitro benzene ring substituents is 1. The minimum absolute atomic E-state index is 0.0179. The fourth-order valence-corrected chi connectivity index (χ4v) is 1.89. The number of hydrogen-bond acceptors (Lipinski definition) is 5. The lowest BCUT2D eigenvalue weighted by molar-refractivity contribution is -0.384. The van der Waals surface area contributed by atoms with Gasteiger partial charge < -0.3 is 10.4 Å². The number of hydrogen-bond donors (Lipinski definition) is 2. The normalized spacial score (nSPS) is 10.4. The Morgan fingerprint density at radius 2 is 2.19 bits per heavy atom. The molecule has 110 valence electrons. The van der Waals surface area contributed by atoms with Crippen molar-refractivity contribution in [2.75, 3.05) is 5.32 Å². The van der Waals surface area contributed by atoms with Gasteiger partial charge in [0, 0.05) is 18.7 Å². The lowest BCUT2D eigenvalue weighted by atomic mass is 10.2. The zero-order valence-corrected chi connectivity index (χ0v) is 11.5. The first-order valence-electron chi connectivity index (χ1n) is 6.25. The van der Waals surface area contributed by atoms with E-state index in [-0.39, 0.29) is 17.1 Å². The van der Waals surface area contributed by atoms with E-state index in [9.17, 15) is 20.0 Å². The highest BCUT2D eigenvalue weighted by molar-refractivity contribution is 6.04. The average molecular weight is 290 g/mol. The van der Waals surface area contributed by atoms with Gasteiger partial charge >= 0.3 is 0 Å². The first-order valence-corrected chi connectivity index (χ1v) is 6.25. The number of carbonyl (C=O) groups excluding carboxylic acids is 1. The van der Waals surface area contributed by atoms with Gasteiger partial charge in [-0.1, -0.05) is 0 Å². The second-order valence-electron chi connectivity index (χ2n) is 4.40. The molecule has 8 heteroatoms.